The Kier molecular flexibility index (Phi) is 5.93. The van der Waals surface area contributed by atoms with Crippen LogP contribution in [0.4, 0.5) is 18.0 Å². The highest BCUT2D eigenvalue weighted by molar-refractivity contribution is 5.77. The molecule has 0 aromatic carbocycles. The van der Waals surface area contributed by atoms with Crippen LogP contribution in [0.1, 0.15) is 17.7 Å². The molecule has 0 saturated carbocycles. The van der Waals surface area contributed by atoms with Crippen LogP contribution in [0.3, 0.4) is 0 Å². The van der Waals surface area contributed by atoms with Gasteiger partial charge in [-0.15, -0.1) is 0 Å². The number of nitrogens with one attached hydrogen (secondary N) is 2. The Labute approximate surface area is 142 Å². The van der Waals surface area contributed by atoms with Crippen LogP contribution in [0.5, 0.6) is 0 Å². The fourth-order valence-corrected chi connectivity index (χ4v) is 2.63. The summed E-state index contributed by atoms with van der Waals surface area (Å²) in [6, 6.07) is 0.451. The molecular formula is C15H20F3N3O4. The first-order valence-corrected chi connectivity index (χ1v) is 7.76. The minimum atomic E-state index is -4.46. The normalized spacial score (nSPS) is 20.6. The molecule has 0 spiro atoms. The highest BCUT2D eigenvalue weighted by Gasteiger charge is 2.35. The maximum atomic E-state index is 12.5. The number of aliphatic hydroxyl groups excluding tert-OH is 1. The number of β-amino-alcohol motifs (C(OH)–C–C–N with tert-alkyl or cyclic N) is 1. The number of halogens is 3. The summed E-state index contributed by atoms with van der Waals surface area (Å²) in [5.74, 6) is -0.443. The van der Waals surface area contributed by atoms with Crippen molar-refractivity contribution in [3.63, 3.8) is 0 Å². The highest BCUT2D eigenvalue weighted by Crippen LogP contribution is 2.30. The lowest BCUT2D eigenvalue weighted by atomic mass is 10.0. The number of likely N-dealkylation sites (tertiary alicyclic amines) is 1. The van der Waals surface area contributed by atoms with Crippen LogP contribution in [-0.2, 0) is 17.4 Å². The Hall–Kier alpha value is -2.23. The third-order valence-electron chi connectivity index (χ3n) is 4.05. The zero-order valence-corrected chi connectivity index (χ0v) is 13.6. The summed E-state index contributed by atoms with van der Waals surface area (Å²) in [6.45, 7) is 0.433. The van der Waals surface area contributed by atoms with Crippen molar-refractivity contribution in [1.82, 2.24) is 15.5 Å². The van der Waals surface area contributed by atoms with E-state index >= 15 is 0 Å². The predicted octanol–water partition coefficient (Wildman–Crippen LogP) is 0.979. The van der Waals surface area contributed by atoms with Crippen LogP contribution < -0.4 is 10.6 Å². The Bertz CT molecular complexity index is 617. The maximum absolute atomic E-state index is 12.5. The summed E-state index contributed by atoms with van der Waals surface area (Å²) in [5.41, 5.74) is -0.867. The topological polar surface area (TPSA) is 94.8 Å². The van der Waals surface area contributed by atoms with Crippen molar-refractivity contribution in [2.75, 3.05) is 26.7 Å². The zero-order chi connectivity index (χ0) is 18.6. The van der Waals surface area contributed by atoms with E-state index < -0.39 is 23.9 Å². The number of hydrogen-bond acceptors (Lipinski definition) is 4. The summed E-state index contributed by atoms with van der Waals surface area (Å²) >= 11 is 0. The van der Waals surface area contributed by atoms with Gasteiger partial charge in [-0.1, -0.05) is 0 Å². The van der Waals surface area contributed by atoms with Gasteiger partial charge in [0.2, 0.25) is 5.91 Å². The molecule has 1 aliphatic rings. The summed E-state index contributed by atoms with van der Waals surface area (Å²) in [7, 11) is 1.49. The van der Waals surface area contributed by atoms with Crippen LogP contribution >= 0.6 is 0 Å². The van der Waals surface area contributed by atoms with Crippen LogP contribution in [-0.4, -0.2) is 54.7 Å². The van der Waals surface area contributed by atoms with Gasteiger partial charge in [0.1, 0.15) is 12.0 Å². The van der Waals surface area contributed by atoms with Gasteiger partial charge in [-0.25, -0.2) is 4.79 Å². The Morgan fingerprint density at radius 1 is 1.40 bits per heavy atom. The summed E-state index contributed by atoms with van der Waals surface area (Å²) < 4.78 is 42.2. The number of aliphatic hydroxyl groups is 1. The third kappa shape index (κ3) is 5.12. The molecule has 1 aliphatic heterocycles. The molecule has 2 rings (SSSR count). The van der Waals surface area contributed by atoms with Gasteiger partial charge in [0.25, 0.3) is 0 Å². The Balaban J connectivity index is 1.77. The van der Waals surface area contributed by atoms with E-state index in [1.54, 1.807) is 0 Å². The number of amides is 3. The maximum Gasteiger partial charge on any atom is 0.419 e. The first kappa shape index (κ1) is 19.1. The summed E-state index contributed by atoms with van der Waals surface area (Å²) in [4.78, 5) is 24.8. The average Bonchev–Trinajstić information content (AvgIpc) is 3.14. The van der Waals surface area contributed by atoms with Gasteiger partial charge in [-0.2, -0.15) is 13.2 Å². The van der Waals surface area contributed by atoms with E-state index in [4.69, 9.17) is 4.42 Å². The third-order valence-corrected chi connectivity index (χ3v) is 4.05. The molecule has 1 saturated heterocycles. The monoisotopic (exact) mass is 363 g/mol. The van der Waals surface area contributed by atoms with Crippen molar-refractivity contribution in [1.29, 1.82) is 0 Å². The molecule has 25 heavy (non-hydrogen) atoms. The lowest BCUT2D eigenvalue weighted by Crippen LogP contribution is -2.39. The number of rotatable bonds is 5. The average molecular weight is 363 g/mol. The van der Waals surface area contributed by atoms with Crippen LogP contribution in [0.25, 0.3) is 0 Å². The fourth-order valence-electron chi connectivity index (χ4n) is 2.63. The van der Waals surface area contributed by atoms with E-state index in [0.717, 1.165) is 6.07 Å². The second-order valence-electron chi connectivity index (χ2n) is 5.89. The van der Waals surface area contributed by atoms with Crippen molar-refractivity contribution in [2.24, 2.45) is 5.92 Å². The molecule has 10 heteroatoms. The summed E-state index contributed by atoms with van der Waals surface area (Å²) in [6.07, 6.45) is -4.38. The van der Waals surface area contributed by atoms with E-state index in [0.29, 0.717) is 6.26 Å². The number of furan rings is 1. The number of urea groups is 1. The molecule has 3 N–H and O–H groups in total. The predicted molar refractivity (Wildman–Crippen MR) is 80.6 cm³/mol. The molecule has 1 aromatic rings. The molecule has 140 valence electrons. The molecule has 0 unspecified atom stereocenters. The molecule has 1 fully saturated rings. The lowest BCUT2D eigenvalue weighted by Gasteiger charge is -2.16. The largest absolute Gasteiger partial charge is 0.469 e. The lowest BCUT2D eigenvalue weighted by molar-refractivity contribution is -0.138. The van der Waals surface area contributed by atoms with E-state index in [-0.39, 0.29) is 50.1 Å². The van der Waals surface area contributed by atoms with Crippen molar-refractivity contribution in [3.05, 3.63) is 23.7 Å². The molecule has 0 bridgehead atoms. The molecule has 7 nitrogen and oxygen atoms in total. The minimum absolute atomic E-state index is 0.0936. The smallest absolute Gasteiger partial charge is 0.419 e. The number of hydrogen-bond donors (Lipinski definition) is 3. The molecule has 3 amide bonds. The zero-order valence-electron chi connectivity index (χ0n) is 13.6. The molecule has 2 atom stereocenters. The van der Waals surface area contributed by atoms with Crippen molar-refractivity contribution in [3.8, 4) is 0 Å². The number of nitrogens with zero attached hydrogens (tertiary/aromatic N) is 1. The van der Waals surface area contributed by atoms with Crippen molar-refractivity contribution in [2.45, 2.75) is 25.1 Å². The number of alkyl halides is 3. The number of carbonyl (C=O) groups is 2. The van der Waals surface area contributed by atoms with Gasteiger partial charge in [0, 0.05) is 45.4 Å². The van der Waals surface area contributed by atoms with Crippen LogP contribution in [0, 0.1) is 5.92 Å². The molecular weight excluding hydrogens is 343 g/mol. The second kappa shape index (κ2) is 7.77. The fraction of sp³-hybridized carbons (Fsp3) is 0.600. The van der Waals surface area contributed by atoms with Gasteiger partial charge in [0.15, 0.2) is 0 Å². The first-order chi connectivity index (χ1) is 11.7. The molecule has 2 heterocycles. The van der Waals surface area contributed by atoms with Gasteiger partial charge >= 0.3 is 12.2 Å². The Morgan fingerprint density at radius 2 is 2.12 bits per heavy atom. The SMILES string of the molecule is CNC(=O)C[C@@H]1CN(C(=O)NCCc2cc(C(F)(F)F)co2)C[C@H]1O. The standard InChI is InChI=1S/C15H20F3N3O4/c1-19-13(23)4-9-6-21(7-12(9)22)14(24)20-3-2-11-5-10(8-25-11)15(16,17)18/h5,8-9,12,22H,2-4,6-7H2,1H3,(H,19,23)(H,20,24)/t9-,12-/m1/s1. The number of carbonyl (C=O) groups excluding carboxylic acids is 2. The van der Waals surface area contributed by atoms with Gasteiger partial charge in [-0.05, 0) is 6.07 Å². The van der Waals surface area contributed by atoms with Crippen molar-refractivity contribution >= 4 is 11.9 Å². The molecule has 0 radical (unpaired) electrons. The molecule has 1 aromatic heterocycles. The second-order valence-corrected chi connectivity index (χ2v) is 5.89. The van der Waals surface area contributed by atoms with E-state index in [2.05, 4.69) is 10.6 Å². The Morgan fingerprint density at radius 3 is 2.72 bits per heavy atom. The van der Waals surface area contributed by atoms with Gasteiger partial charge < -0.3 is 25.1 Å². The van der Waals surface area contributed by atoms with Crippen LogP contribution in [0.2, 0.25) is 0 Å². The van der Waals surface area contributed by atoms with Crippen LogP contribution in [0.15, 0.2) is 16.7 Å². The quantitative estimate of drug-likeness (QED) is 0.727. The van der Waals surface area contributed by atoms with E-state index in [1.807, 2.05) is 0 Å². The minimum Gasteiger partial charge on any atom is -0.469 e. The van der Waals surface area contributed by atoms with E-state index in [9.17, 15) is 27.9 Å². The first-order valence-electron chi connectivity index (χ1n) is 7.76. The molecule has 0 aliphatic carbocycles. The highest BCUT2D eigenvalue weighted by atomic mass is 19.4. The van der Waals surface area contributed by atoms with Gasteiger partial charge in [0.05, 0.1) is 11.7 Å². The summed E-state index contributed by atoms with van der Waals surface area (Å²) in [5, 5.41) is 14.9. The van der Waals surface area contributed by atoms with E-state index in [1.165, 1.54) is 11.9 Å². The van der Waals surface area contributed by atoms with Gasteiger partial charge in [-0.3, -0.25) is 4.79 Å². The van der Waals surface area contributed by atoms with Crippen molar-refractivity contribution < 1.29 is 32.3 Å².